The lowest BCUT2D eigenvalue weighted by Gasteiger charge is -2.49. The van der Waals surface area contributed by atoms with Gasteiger partial charge in [0.25, 0.3) is 10.0 Å². The van der Waals surface area contributed by atoms with Crippen molar-refractivity contribution in [3.05, 3.63) is 70.9 Å². The molecule has 9 nitrogen and oxygen atoms in total. The zero-order valence-electron chi connectivity index (χ0n) is 21.8. The summed E-state index contributed by atoms with van der Waals surface area (Å²) >= 11 is 6.03. The average Bonchev–Trinajstić information content (AvgIpc) is 2.86. The van der Waals surface area contributed by atoms with Crippen molar-refractivity contribution in [2.75, 3.05) is 27.7 Å². The number of ether oxygens (including phenoxy) is 1. The summed E-state index contributed by atoms with van der Waals surface area (Å²) in [4.78, 5) is 31.4. The van der Waals surface area contributed by atoms with Crippen molar-refractivity contribution in [2.45, 2.75) is 43.3 Å². The fourth-order valence-corrected chi connectivity index (χ4v) is 6.38. The SMILES string of the molecule is COc1ccc(F)cc1S(=O)(=O)N1CC(N(C)C)C(=O)N2C1=CN(C(C)C)C(=O)C2Cc1ccc(Cl)cc1. The number of rotatable bonds is 7. The van der Waals surface area contributed by atoms with Gasteiger partial charge in [-0.1, -0.05) is 23.7 Å². The molecule has 2 aliphatic heterocycles. The Morgan fingerprint density at radius 2 is 1.76 bits per heavy atom. The summed E-state index contributed by atoms with van der Waals surface area (Å²) in [7, 11) is 0.178. The van der Waals surface area contributed by atoms with Crippen LogP contribution in [0.4, 0.5) is 4.39 Å². The fourth-order valence-electron chi connectivity index (χ4n) is 4.63. The number of carbonyl (C=O) groups is 2. The number of methoxy groups -OCH3 is 1. The Morgan fingerprint density at radius 1 is 1.11 bits per heavy atom. The lowest BCUT2D eigenvalue weighted by molar-refractivity contribution is -0.152. The number of benzene rings is 2. The summed E-state index contributed by atoms with van der Waals surface area (Å²) in [5.41, 5.74) is 0.749. The van der Waals surface area contributed by atoms with E-state index in [0.717, 1.165) is 22.0 Å². The van der Waals surface area contributed by atoms with Gasteiger partial charge in [0.15, 0.2) is 0 Å². The van der Waals surface area contributed by atoms with Crippen LogP contribution in [0.1, 0.15) is 19.4 Å². The van der Waals surface area contributed by atoms with Crippen LogP contribution in [0, 0.1) is 5.82 Å². The number of carbonyl (C=O) groups excluding carboxylic acids is 2. The lowest BCUT2D eigenvalue weighted by atomic mass is 9.98. The predicted octanol–water partition coefficient (Wildman–Crippen LogP) is 2.91. The maximum atomic E-state index is 14.2. The molecule has 0 radical (unpaired) electrons. The third kappa shape index (κ3) is 4.97. The molecule has 2 heterocycles. The van der Waals surface area contributed by atoms with Crippen molar-refractivity contribution in [3.8, 4) is 5.75 Å². The first kappa shape index (κ1) is 27.9. The van der Waals surface area contributed by atoms with E-state index in [1.54, 1.807) is 57.1 Å². The Labute approximate surface area is 227 Å². The Bertz CT molecular complexity index is 1380. The van der Waals surface area contributed by atoms with Gasteiger partial charge < -0.3 is 9.64 Å². The van der Waals surface area contributed by atoms with Crippen LogP contribution in [-0.4, -0.2) is 85.1 Å². The second-order valence-corrected chi connectivity index (χ2v) is 12.0. The van der Waals surface area contributed by atoms with E-state index in [1.807, 2.05) is 0 Å². The molecule has 0 aliphatic carbocycles. The largest absolute Gasteiger partial charge is 0.495 e. The molecule has 0 spiro atoms. The Hall–Kier alpha value is -3.15. The number of nitrogens with zero attached hydrogens (tertiary/aromatic N) is 4. The highest BCUT2D eigenvalue weighted by Crippen LogP contribution is 2.37. The highest BCUT2D eigenvalue weighted by Gasteiger charge is 2.51. The molecule has 2 aliphatic rings. The fraction of sp³-hybridized carbons (Fsp3) is 0.385. The molecular weight excluding hydrogens is 535 g/mol. The molecule has 0 bridgehead atoms. The molecule has 12 heteroatoms. The lowest BCUT2D eigenvalue weighted by Crippen LogP contribution is -2.67. The number of amides is 2. The summed E-state index contributed by atoms with van der Waals surface area (Å²) in [6.45, 7) is 3.36. The van der Waals surface area contributed by atoms with Crippen LogP contribution in [0.15, 0.2) is 59.4 Å². The normalized spacial score (nSPS) is 20.2. The number of fused-ring (bicyclic) bond motifs is 1. The van der Waals surface area contributed by atoms with E-state index in [0.29, 0.717) is 5.02 Å². The molecule has 0 saturated carbocycles. The molecule has 2 atom stereocenters. The van der Waals surface area contributed by atoms with E-state index in [4.69, 9.17) is 16.3 Å². The zero-order valence-corrected chi connectivity index (χ0v) is 23.3. The summed E-state index contributed by atoms with van der Waals surface area (Å²) in [6.07, 6.45) is 1.53. The topological polar surface area (TPSA) is 90.5 Å². The monoisotopic (exact) mass is 564 g/mol. The van der Waals surface area contributed by atoms with Crippen LogP contribution in [0.25, 0.3) is 0 Å². The van der Waals surface area contributed by atoms with E-state index < -0.39 is 33.8 Å². The molecule has 0 aromatic heterocycles. The highest BCUT2D eigenvalue weighted by molar-refractivity contribution is 7.89. The molecule has 1 fully saturated rings. The van der Waals surface area contributed by atoms with Crippen LogP contribution in [-0.2, 0) is 26.0 Å². The van der Waals surface area contributed by atoms with Gasteiger partial charge in [-0.2, -0.15) is 0 Å². The van der Waals surface area contributed by atoms with E-state index in [1.165, 1.54) is 29.2 Å². The second-order valence-electron chi connectivity index (χ2n) is 9.69. The van der Waals surface area contributed by atoms with Crippen LogP contribution < -0.4 is 4.74 Å². The minimum atomic E-state index is -4.43. The van der Waals surface area contributed by atoms with Gasteiger partial charge in [-0.3, -0.25) is 19.4 Å². The molecular formula is C26H30ClFN4O5S. The van der Waals surface area contributed by atoms with Gasteiger partial charge in [0.1, 0.15) is 34.4 Å². The van der Waals surface area contributed by atoms with Crippen molar-refractivity contribution in [1.29, 1.82) is 0 Å². The van der Waals surface area contributed by atoms with E-state index in [9.17, 15) is 22.4 Å². The van der Waals surface area contributed by atoms with Crippen molar-refractivity contribution in [2.24, 2.45) is 0 Å². The molecule has 4 rings (SSSR count). The highest BCUT2D eigenvalue weighted by atomic mass is 35.5. The minimum Gasteiger partial charge on any atom is -0.495 e. The summed E-state index contributed by atoms with van der Waals surface area (Å²) in [5.74, 6) is -1.52. The maximum Gasteiger partial charge on any atom is 0.269 e. The number of hydrogen-bond donors (Lipinski definition) is 0. The molecule has 0 N–H and O–H groups in total. The van der Waals surface area contributed by atoms with Gasteiger partial charge in [-0.25, -0.2) is 17.1 Å². The average molecular weight is 565 g/mol. The molecule has 2 amide bonds. The summed E-state index contributed by atoms with van der Waals surface area (Å²) in [6, 6.07) is 7.90. The first-order valence-electron chi connectivity index (χ1n) is 12.0. The van der Waals surface area contributed by atoms with Crippen LogP contribution in [0.5, 0.6) is 5.75 Å². The van der Waals surface area contributed by atoms with Gasteiger partial charge in [-0.05, 0) is 63.8 Å². The van der Waals surface area contributed by atoms with E-state index >= 15 is 0 Å². The van der Waals surface area contributed by atoms with Crippen LogP contribution in [0.3, 0.4) is 0 Å². The predicted molar refractivity (Wildman–Crippen MR) is 140 cm³/mol. The van der Waals surface area contributed by atoms with E-state index in [2.05, 4.69) is 0 Å². The minimum absolute atomic E-state index is 0.0201. The Morgan fingerprint density at radius 3 is 2.34 bits per heavy atom. The van der Waals surface area contributed by atoms with Gasteiger partial charge >= 0.3 is 0 Å². The van der Waals surface area contributed by atoms with Crippen molar-refractivity contribution >= 4 is 33.4 Å². The number of likely N-dealkylation sites (N-methyl/N-ethyl adjacent to an activating group) is 1. The molecule has 2 aromatic rings. The molecule has 2 aromatic carbocycles. The van der Waals surface area contributed by atoms with Crippen LogP contribution in [0.2, 0.25) is 5.02 Å². The smallest absolute Gasteiger partial charge is 0.269 e. The number of sulfonamides is 1. The Kier molecular flexibility index (Phi) is 7.74. The first-order valence-corrected chi connectivity index (χ1v) is 13.8. The number of hydrogen-bond acceptors (Lipinski definition) is 6. The van der Waals surface area contributed by atoms with E-state index in [-0.39, 0.29) is 41.4 Å². The van der Waals surface area contributed by atoms with Gasteiger partial charge in [0.05, 0.1) is 13.7 Å². The van der Waals surface area contributed by atoms with Crippen molar-refractivity contribution in [1.82, 2.24) is 19.0 Å². The third-order valence-corrected chi connectivity index (χ3v) is 8.73. The first-order chi connectivity index (χ1) is 17.9. The maximum absolute atomic E-state index is 14.2. The Balaban J connectivity index is 1.90. The summed E-state index contributed by atoms with van der Waals surface area (Å²) < 4.78 is 48.7. The molecule has 1 saturated heterocycles. The van der Waals surface area contributed by atoms with Gasteiger partial charge in [0.2, 0.25) is 11.8 Å². The summed E-state index contributed by atoms with van der Waals surface area (Å²) in [5, 5.41) is 0.524. The number of halogens is 2. The molecule has 38 heavy (non-hydrogen) atoms. The van der Waals surface area contributed by atoms with Gasteiger partial charge in [-0.15, -0.1) is 0 Å². The molecule has 204 valence electrons. The standard InChI is InChI=1S/C26H30ClFN4O5S/c1-16(2)30-15-24-31(38(35,36)23-13-19(28)10-11-22(23)37-5)14-21(29(3)4)26(34)32(24)20(25(30)33)12-17-6-8-18(27)9-7-17/h6-11,13,15-16,20-21H,12,14H2,1-5H3. The van der Waals surface area contributed by atoms with Crippen molar-refractivity contribution < 1.29 is 27.1 Å². The third-order valence-electron chi connectivity index (χ3n) is 6.69. The quantitative estimate of drug-likeness (QED) is 0.514. The second kappa shape index (κ2) is 10.5. The van der Waals surface area contributed by atoms with Crippen molar-refractivity contribution in [3.63, 3.8) is 0 Å². The van der Waals surface area contributed by atoms with Crippen LogP contribution >= 0.6 is 11.6 Å². The molecule has 2 unspecified atom stereocenters. The van der Waals surface area contributed by atoms with Gasteiger partial charge in [0, 0.05) is 23.7 Å². The zero-order chi connectivity index (χ0) is 27.9.